The van der Waals surface area contributed by atoms with E-state index in [0.29, 0.717) is 0 Å². The molecule has 0 fully saturated rings. The van der Waals surface area contributed by atoms with Gasteiger partial charge >= 0.3 is 0 Å². The van der Waals surface area contributed by atoms with E-state index in [-0.39, 0.29) is 0 Å². The van der Waals surface area contributed by atoms with E-state index < -0.39 is 0 Å². The molecule has 0 atom stereocenters. The maximum absolute atomic E-state index is 5.40. The van der Waals surface area contributed by atoms with E-state index in [0.717, 1.165) is 40.9 Å². The Labute approximate surface area is 183 Å². The van der Waals surface area contributed by atoms with Crippen molar-refractivity contribution in [2.45, 2.75) is 19.9 Å². The molecule has 1 N–H and O–H groups in total. The number of hydrogen-bond donors (Lipinski definition) is 1. The van der Waals surface area contributed by atoms with Crippen molar-refractivity contribution in [1.82, 2.24) is 10.3 Å². The number of nitrogens with zero attached hydrogens (tertiary/aromatic N) is 1. The van der Waals surface area contributed by atoms with Crippen LogP contribution in [-0.4, -0.2) is 18.6 Å². The molecule has 0 spiro atoms. The fourth-order valence-electron chi connectivity index (χ4n) is 3.53. The summed E-state index contributed by atoms with van der Waals surface area (Å²) in [5.41, 5.74) is 7.07. The van der Waals surface area contributed by atoms with Crippen LogP contribution in [0.15, 0.2) is 63.8 Å². The maximum Gasteiger partial charge on any atom is 0.121 e. The number of aromatic nitrogens is 1. The number of aryl methyl sites for hydroxylation is 1. The van der Waals surface area contributed by atoms with Gasteiger partial charge in [-0.2, -0.15) is 11.3 Å². The quantitative estimate of drug-likeness (QED) is 0.321. The minimum atomic E-state index is 0.794. The number of halogens is 1. The van der Waals surface area contributed by atoms with Crippen molar-refractivity contribution in [3.8, 4) is 17.0 Å². The highest BCUT2D eigenvalue weighted by Gasteiger charge is 2.14. The second kappa shape index (κ2) is 9.08. The Hall–Kier alpha value is -2.21. The van der Waals surface area contributed by atoms with Crippen molar-refractivity contribution in [2.24, 2.45) is 0 Å². The Balaban J connectivity index is 1.60. The average molecular weight is 467 g/mol. The standard InChI is InChI=1S/C24H23BrN2OS/c1-16-21-8-7-20(28-2)13-23(21)27-24(18-10-12-29-15-18)22(16)14-26-11-9-17-3-5-19(25)6-4-17/h3-8,10,12-13,15,26H,9,11,14H2,1-2H3. The van der Waals surface area contributed by atoms with Crippen molar-refractivity contribution in [2.75, 3.05) is 13.7 Å². The van der Waals surface area contributed by atoms with E-state index in [1.807, 2.05) is 12.1 Å². The van der Waals surface area contributed by atoms with Crippen LogP contribution < -0.4 is 10.1 Å². The number of thiophene rings is 1. The molecular weight excluding hydrogens is 444 g/mol. The first-order valence-corrected chi connectivity index (χ1v) is 11.3. The summed E-state index contributed by atoms with van der Waals surface area (Å²) >= 11 is 5.19. The lowest BCUT2D eigenvalue weighted by Crippen LogP contribution is -2.18. The van der Waals surface area contributed by atoms with Crippen molar-refractivity contribution >= 4 is 38.2 Å². The van der Waals surface area contributed by atoms with E-state index in [4.69, 9.17) is 9.72 Å². The van der Waals surface area contributed by atoms with E-state index in [1.54, 1.807) is 18.4 Å². The summed E-state index contributed by atoms with van der Waals surface area (Å²) in [5, 5.41) is 9.07. The second-order valence-corrected chi connectivity index (χ2v) is 8.71. The zero-order valence-corrected chi connectivity index (χ0v) is 18.9. The summed E-state index contributed by atoms with van der Waals surface area (Å²) in [6.45, 7) is 3.91. The summed E-state index contributed by atoms with van der Waals surface area (Å²) in [6, 6.07) is 16.8. The summed E-state index contributed by atoms with van der Waals surface area (Å²) in [6.07, 6.45) is 0.998. The molecule has 0 aliphatic rings. The monoisotopic (exact) mass is 466 g/mol. The van der Waals surface area contributed by atoms with Crippen LogP contribution in [-0.2, 0) is 13.0 Å². The lowest BCUT2D eigenvalue weighted by molar-refractivity contribution is 0.415. The number of methoxy groups -OCH3 is 1. The molecule has 3 nitrogen and oxygen atoms in total. The number of benzene rings is 2. The van der Waals surface area contributed by atoms with Crippen LogP contribution in [0.2, 0.25) is 0 Å². The highest BCUT2D eigenvalue weighted by Crippen LogP contribution is 2.32. The fourth-order valence-corrected chi connectivity index (χ4v) is 4.43. The molecule has 0 saturated carbocycles. The molecule has 0 amide bonds. The number of rotatable bonds is 7. The predicted molar refractivity (Wildman–Crippen MR) is 126 cm³/mol. The van der Waals surface area contributed by atoms with Crippen LogP contribution in [0, 0.1) is 6.92 Å². The number of ether oxygens (including phenoxy) is 1. The number of nitrogens with one attached hydrogen (secondary N) is 1. The number of hydrogen-bond acceptors (Lipinski definition) is 4. The van der Waals surface area contributed by atoms with Gasteiger partial charge in [0.1, 0.15) is 5.75 Å². The highest BCUT2D eigenvalue weighted by atomic mass is 79.9. The third-order valence-corrected chi connectivity index (χ3v) is 6.39. The van der Waals surface area contributed by atoms with Gasteiger partial charge in [0.15, 0.2) is 0 Å². The van der Waals surface area contributed by atoms with Crippen molar-refractivity contribution in [3.63, 3.8) is 0 Å². The smallest absolute Gasteiger partial charge is 0.121 e. The van der Waals surface area contributed by atoms with Gasteiger partial charge in [0, 0.05) is 33.4 Å². The molecule has 2 aromatic carbocycles. The third kappa shape index (κ3) is 4.53. The van der Waals surface area contributed by atoms with E-state index in [2.05, 4.69) is 75.3 Å². The van der Waals surface area contributed by atoms with Crippen molar-refractivity contribution < 1.29 is 4.74 Å². The number of fused-ring (bicyclic) bond motifs is 1. The fraction of sp³-hybridized carbons (Fsp3) is 0.208. The average Bonchev–Trinajstić information content (AvgIpc) is 3.28. The molecule has 0 bridgehead atoms. The first-order valence-electron chi connectivity index (χ1n) is 9.60. The van der Waals surface area contributed by atoms with Crippen molar-refractivity contribution in [3.05, 3.63) is 80.5 Å². The van der Waals surface area contributed by atoms with Crippen LogP contribution in [0.25, 0.3) is 22.2 Å². The first kappa shape index (κ1) is 20.1. The van der Waals surface area contributed by atoms with Gasteiger partial charge in [0.2, 0.25) is 0 Å². The minimum absolute atomic E-state index is 0.794. The van der Waals surface area contributed by atoms with Crippen LogP contribution >= 0.6 is 27.3 Å². The van der Waals surface area contributed by atoms with Gasteiger partial charge in [0.05, 0.1) is 18.3 Å². The molecule has 0 unspecified atom stereocenters. The molecular formula is C24H23BrN2OS. The largest absolute Gasteiger partial charge is 0.497 e. The molecule has 2 heterocycles. The Morgan fingerprint density at radius 2 is 1.93 bits per heavy atom. The zero-order valence-electron chi connectivity index (χ0n) is 16.5. The Morgan fingerprint density at radius 3 is 2.66 bits per heavy atom. The predicted octanol–water partition coefficient (Wildman–Crippen LogP) is 6.38. The van der Waals surface area contributed by atoms with Gasteiger partial charge in [-0.25, -0.2) is 4.98 Å². The van der Waals surface area contributed by atoms with Gasteiger partial charge in [-0.05, 0) is 72.3 Å². The topological polar surface area (TPSA) is 34.1 Å². The van der Waals surface area contributed by atoms with Gasteiger partial charge in [-0.1, -0.05) is 28.1 Å². The molecule has 29 heavy (non-hydrogen) atoms. The molecule has 4 rings (SSSR count). The first-order chi connectivity index (χ1) is 14.2. The summed E-state index contributed by atoms with van der Waals surface area (Å²) < 4.78 is 6.51. The van der Waals surface area contributed by atoms with Gasteiger partial charge in [-0.15, -0.1) is 0 Å². The molecule has 0 radical (unpaired) electrons. The van der Waals surface area contributed by atoms with Crippen LogP contribution in [0.5, 0.6) is 5.75 Å². The van der Waals surface area contributed by atoms with Gasteiger partial charge < -0.3 is 10.1 Å². The van der Waals surface area contributed by atoms with Crippen molar-refractivity contribution in [1.29, 1.82) is 0 Å². The normalized spacial score (nSPS) is 11.1. The lowest BCUT2D eigenvalue weighted by Gasteiger charge is -2.16. The summed E-state index contributed by atoms with van der Waals surface area (Å²) in [5.74, 6) is 0.834. The van der Waals surface area contributed by atoms with E-state index in [9.17, 15) is 0 Å². The molecule has 0 aliphatic heterocycles. The minimum Gasteiger partial charge on any atom is -0.497 e. The van der Waals surface area contributed by atoms with Crippen LogP contribution in [0.3, 0.4) is 0 Å². The molecule has 148 valence electrons. The SMILES string of the molecule is COc1ccc2c(C)c(CNCCc3ccc(Br)cc3)c(-c3ccsc3)nc2c1. The van der Waals surface area contributed by atoms with E-state index >= 15 is 0 Å². The summed E-state index contributed by atoms with van der Waals surface area (Å²) in [4.78, 5) is 5.02. The number of pyridine rings is 1. The van der Waals surface area contributed by atoms with Crippen LogP contribution in [0.1, 0.15) is 16.7 Å². The molecule has 2 aromatic heterocycles. The van der Waals surface area contributed by atoms with Gasteiger partial charge in [-0.3, -0.25) is 0 Å². The van der Waals surface area contributed by atoms with E-state index in [1.165, 1.54) is 27.6 Å². The van der Waals surface area contributed by atoms with Crippen LogP contribution in [0.4, 0.5) is 0 Å². The third-order valence-electron chi connectivity index (χ3n) is 5.18. The Kier molecular flexibility index (Phi) is 6.28. The molecule has 5 heteroatoms. The second-order valence-electron chi connectivity index (χ2n) is 7.01. The maximum atomic E-state index is 5.40. The molecule has 0 aliphatic carbocycles. The van der Waals surface area contributed by atoms with Gasteiger partial charge in [0.25, 0.3) is 0 Å². The summed E-state index contributed by atoms with van der Waals surface area (Å²) in [7, 11) is 1.69. The lowest BCUT2D eigenvalue weighted by atomic mass is 9.98. The molecule has 4 aromatic rings. The highest BCUT2D eigenvalue weighted by molar-refractivity contribution is 9.10. The Bertz CT molecular complexity index is 1110. The molecule has 0 saturated heterocycles. The Morgan fingerprint density at radius 1 is 1.10 bits per heavy atom. The zero-order chi connectivity index (χ0) is 20.2.